The summed E-state index contributed by atoms with van der Waals surface area (Å²) in [6, 6.07) is 22.4. The number of thiazole rings is 1. The highest BCUT2D eigenvalue weighted by atomic mass is 32.1. The molecule has 7 nitrogen and oxygen atoms in total. The van der Waals surface area contributed by atoms with Gasteiger partial charge in [-0.2, -0.15) is 14.6 Å². The number of para-hydroxylation sites is 1. The third kappa shape index (κ3) is 3.70. The van der Waals surface area contributed by atoms with Crippen molar-refractivity contribution >= 4 is 33.5 Å². The summed E-state index contributed by atoms with van der Waals surface area (Å²) < 4.78 is 14.6. The van der Waals surface area contributed by atoms with Gasteiger partial charge in [-0.25, -0.2) is 4.39 Å². The fourth-order valence-electron chi connectivity index (χ4n) is 4.32. The molecule has 5 aromatic rings. The molecular formula is C27H17FN4O3S. The Hall–Kier alpha value is -4.50. The van der Waals surface area contributed by atoms with E-state index in [0.717, 1.165) is 27.0 Å². The van der Waals surface area contributed by atoms with E-state index in [1.54, 1.807) is 35.2 Å². The van der Waals surface area contributed by atoms with Gasteiger partial charge in [0.05, 0.1) is 17.8 Å². The summed E-state index contributed by atoms with van der Waals surface area (Å²) in [6.07, 6.45) is 0.240. The minimum atomic E-state index is -0.507. The molecule has 3 heterocycles. The molecule has 0 radical (unpaired) electrons. The van der Waals surface area contributed by atoms with Gasteiger partial charge in [0.15, 0.2) is 0 Å². The zero-order valence-electron chi connectivity index (χ0n) is 18.7. The lowest BCUT2D eigenvalue weighted by atomic mass is 10.1. The molecule has 36 heavy (non-hydrogen) atoms. The summed E-state index contributed by atoms with van der Waals surface area (Å²) in [5.74, 6) is -0.710. The highest BCUT2D eigenvalue weighted by Gasteiger charge is 2.34. The van der Waals surface area contributed by atoms with Gasteiger partial charge in [0.2, 0.25) is 4.96 Å². The fraction of sp³-hybridized carbons (Fsp3) is 0.0741. The Morgan fingerprint density at radius 3 is 2.33 bits per heavy atom. The van der Waals surface area contributed by atoms with Crippen molar-refractivity contribution in [2.75, 3.05) is 4.90 Å². The summed E-state index contributed by atoms with van der Waals surface area (Å²) >= 11 is 0.971. The summed E-state index contributed by atoms with van der Waals surface area (Å²) in [5.41, 5.74) is 2.27. The van der Waals surface area contributed by atoms with Gasteiger partial charge in [-0.3, -0.25) is 14.4 Å². The molecule has 0 spiro atoms. The van der Waals surface area contributed by atoms with Crippen molar-refractivity contribution in [1.82, 2.24) is 14.6 Å². The maximum absolute atomic E-state index is 13.6. The number of rotatable bonds is 4. The second-order valence-corrected chi connectivity index (χ2v) is 9.34. The van der Waals surface area contributed by atoms with Crippen LogP contribution in [0.3, 0.4) is 0 Å². The van der Waals surface area contributed by atoms with Gasteiger partial charge in [0.1, 0.15) is 16.0 Å². The zero-order valence-corrected chi connectivity index (χ0v) is 19.5. The molecule has 1 aliphatic rings. The molecule has 2 aromatic heterocycles. The summed E-state index contributed by atoms with van der Waals surface area (Å²) in [4.78, 5) is 45.4. The quantitative estimate of drug-likeness (QED) is 0.382. The van der Waals surface area contributed by atoms with E-state index < -0.39 is 11.1 Å². The molecule has 176 valence electrons. The Balaban J connectivity index is 1.49. The highest BCUT2D eigenvalue weighted by molar-refractivity contribution is 7.15. The fourth-order valence-corrected chi connectivity index (χ4v) is 5.32. The van der Waals surface area contributed by atoms with Crippen molar-refractivity contribution in [1.29, 1.82) is 0 Å². The minimum Gasteiger partial charge on any atom is -0.303 e. The average molecular weight is 497 g/mol. The largest absolute Gasteiger partial charge is 0.303 e. The molecule has 0 atom stereocenters. The van der Waals surface area contributed by atoms with Crippen LogP contribution in [0.2, 0.25) is 0 Å². The van der Waals surface area contributed by atoms with E-state index >= 15 is 0 Å². The monoisotopic (exact) mass is 496 g/mol. The number of hydrogen-bond donors (Lipinski definition) is 0. The standard InChI is InChI=1S/C27H17FN4O3S/c28-18-12-10-17(11-13-18)15-31-21-9-5-4-8-19(21)22(25(31)34)23-26(35)32-27(36-23)29-24(33)20(30-32)14-16-6-2-1-3-7-16/h1-13H,14-15H2. The van der Waals surface area contributed by atoms with E-state index in [-0.39, 0.29) is 45.5 Å². The van der Waals surface area contributed by atoms with Crippen molar-refractivity contribution in [2.45, 2.75) is 13.0 Å². The third-order valence-electron chi connectivity index (χ3n) is 6.04. The summed E-state index contributed by atoms with van der Waals surface area (Å²) in [7, 11) is 0. The van der Waals surface area contributed by atoms with Crippen molar-refractivity contribution in [3.05, 3.63) is 132 Å². The molecule has 0 unspecified atom stereocenters. The van der Waals surface area contributed by atoms with Crippen LogP contribution in [0, 0.1) is 5.82 Å². The van der Waals surface area contributed by atoms with Crippen molar-refractivity contribution in [3.8, 4) is 0 Å². The van der Waals surface area contributed by atoms with Crippen LogP contribution in [0.4, 0.5) is 10.1 Å². The molecule has 9 heteroatoms. The number of anilines is 1. The van der Waals surface area contributed by atoms with Crippen LogP contribution in [0.15, 0.2) is 88.5 Å². The second-order valence-electron chi connectivity index (χ2n) is 8.37. The van der Waals surface area contributed by atoms with Crippen LogP contribution in [0.5, 0.6) is 0 Å². The number of aromatic nitrogens is 3. The van der Waals surface area contributed by atoms with Crippen LogP contribution in [0.25, 0.3) is 10.5 Å². The van der Waals surface area contributed by atoms with Crippen molar-refractivity contribution in [3.63, 3.8) is 0 Å². The van der Waals surface area contributed by atoms with Crippen LogP contribution < -0.4 is 20.6 Å². The van der Waals surface area contributed by atoms with Gasteiger partial charge >= 0.3 is 0 Å². The molecule has 0 saturated heterocycles. The van der Waals surface area contributed by atoms with Crippen LogP contribution in [0.1, 0.15) is 22.4 Å². The van der Waals surface area contributed by atoms with E-state index in [0.29, 0.717) is 11.3 Å². The van der Waals surface area contributed by atoms with Gasteiger partial charge in [-0.1, -0.05) is 72.0 Å². The van der Waals surface area contributed by atoms with Crippen LogP contribution >= 0.6 is 11.3 Å². The molecule has 1 aliphatic heterocycles. The number of benzene rings is 3. The first kappa shape index (κ1) is 22.0. The van der Waals surface area contributed by atoms with E-state index in [4.69, 9.17) is 0 Å². The lowest BCUT2D eigenvalue weighted by Crippen LogP contribution is -2.33. The molecule has 1 amide bonds. The summed E-state index contributed by atoms with van der Waals surface area (Å²) in [6.45, 7) is 0.217. The predicted octanol–water partition coefficient (Wildman–Crippen LogP) is 2.71. The highest BCUT2D eigenvalue weighted by Crippen LogP contribution is 2.36. The number of carbonyl (C=O) groups excluding carboxylic acids is 1. The van der Waals surface area contributed by atoms with E-state index in [9.17, 15) is 18.8 Å². The maximum Gasteiger partial charge on any atom is 0.296 e. The van der Waals surface area contributed by atoms with Crippen molar-refractivity contribution < 1.29 is 9.18 Å². The second kappa shape index (κ2) is 8.62. The molecular weight excluding hydrogens is 479 g/mol. The predicted molar refractivity (Wildman–Crippen MR) is 134 cm³/mol. The summed E-state index contributed by atoms with van der Waals surface area (Å²) in [5, 5.41) is 4.30. The molecule has 3 aromatic carbocycles. The van der Waals surface area contributed by atoms with Gasteiger partial charge in [-0.15, -0.1) is 0 Å². The molecule has 0 bridgehead atoms. The first-order valence-electron chi connectivity index (χ1n) is 11.2. The molecule has 0 N–H and O–H groups in total. The van der Waals surface area contributed by atoms with Gasteiger partial charge in [0, 0.05) is 12.0 Å². The third-order valence-corrected chi connectivity index (χ3v) is 7.07. The first-order chi connectivity index (χ1) is 17.5. The van der Waals surface area contributed by atoms with E-state index in [1.807, 2.05) is 36.4 Å². The SMILES string of the molecule is O=C1C(=c2sc3nc(=O)c(Cc4ccccc4)nn3c2=O)c2ccccc2N1Cc1ccc(F)cc1. The minimum absolute atomic E-state index is 0.131. The topological polar surface area (TPSA) is 84.6 Å². The van der Waals surface area contributed by atoms with Crippen LogP contribution in [-0.4, -0.2) is 20.5 Å². The Bertz CT molecular complexity index is 1810. The lowest BCUT2D eigenvalue weighted by Gasteiger charge is -2.17. The smallest absolute Gasteiger partial charge is 0.296 e. The average Bonchev–Trinajstić information content (AvgIpc) is 3.34. The number of fused-ring (bicyclic) bond motifs is 2. The van der Waals surface area contributed by atoms with Gasteiger partial charge in [0.25, 0.3) is 17.0 Å². The Morgan fingerprint density at radius 2 is 1.56 bits per heavy atom. The zero-order chi connectivity index (χ0) is 24.8. The number of halogens is 1. The molecule has 0 fully saturated rings. The van der Waals surface area contributed by atoms with Gasteiger partial charge < -0.3 is 4.90 Å². The first-order valence-corrected chi connectivity index (χ1v) is 12.0. The maximum atomic E-state index is 13.6. The normalized spacial score (nSPS) is 14.5. The number of amides is 1. The van der Waals surface area contributed by atoms with E-state index in [2.05, 4.69) is 10.1 Å². The Labute approximate surface area is 207 Å². The van der Waals surface area contributed by atoms with Gasteiger partial charge in [-0.05, 0) is 29.3 Å². The van der Waals surface area contributed by atoms with Crippen LogP contribution in [-0.2, 0) is 17.8 Å². The van der Waals surface area contributed by atoms with E-state index in [1.165, 1.54) is 12.1 Å². The molecule has 0 saturated carbocycles. The number of hydrogen-bond acceptors (Lipinski definition) is 6. The number of carbonyl (C=O) groups is 1. The Morgan fingerprint density at radius 1 is 0.833 bits per heavy atom. The number of nitrogens with zero attached hydrogens (tertiary/aromatic N) is 4. The molecule has 0 aliphatic carbocycles. The molecule has 6 rings (SSSR count). The lowest BCUT2D eigenvalue weighted by molar-refractivity contribution is -0.113. The Kier molecular flexibility index (Phi) is 5.26. The van der Waals surface area contributed by atoms with Crippen molar-refractivity contribution in [2.24, 2.45) is 0 Å².